The quantitative estimate of drug-likeness (QED) is 0.187. The molecule has 10 rings (SSSR count). The number of nitrogens with zero attached hydrogens (tertiary/aromatic N) is 1. The average molecular weight is 642 g/mol. The van der Waals surface area contributed by atoms with Crippen LogP contribution in [0.25, 0.3) is 67.3 Å². The molecule has 50 heavy (non-hydrogen) atoms. The lowest BCUT2D eigenvalue weighted by Gasteiger charge is -2.30. The SMILES string of the molecule is C1=c2ccccc2=Cc2c(oc3cccc(-c4ccccc4N(c4ccc5c(c4)oc4ccccc45)c4ccccc4-c4ccccc4)c23)C1. The predicted octanol–water partition coefficient (Wildman–Crippen LogP) is 11.3. The number of fused-ring (bicyclic) bond motifs is 7. The molecule has 2 heterocycles. The molecule has 0 saturated heterocycles. The predicted molar refractivity (Wildman–Crippen MR) is 206 cm³/mol. The van der Waals surface area contributed by atoms with Gasteiger partial charge in [0.15, 0.2) is 0 Å². The number of para-hydroxylation sites is 3. The largest absolute Gasteiger partial charge is 0.460 e. The van der Waals surface area contributed by atoms with Crippen LogP contribution in [0.3, 0.4) is 0 Å². The van der Waals surface area contributed by atoms with Crippen LogP contribution in [0.15, 0.2) is 173 Å². The van der Waals surface area contributed by atoms with Crippen molar-refractivity contribution in [1.29, 1.82) is 0 Å². The fourth-order valence-electron chi connectivity index (χ4n) is 7.62. The van der Waals surface area contributed by atoms with E-state index in [1.165, 1.54) is 10.4 Å². The molecule has 2 aromatic heterocycles. The lowest BCUT2D eigenvalue weighted by molar-refractivity contribution is 0.568. The van der Waals surface area contributed by atoms with Crippen LogP contribution in [0.2, 0.25) is 0 Å². The molecule has 0 N–H and O–H groups in total. The van der Waals surface area contributed by atoms with E-state index in [2.05, 4.69) is 169 Å². The van der Waals surface area contributed by atoms with E-state index in [-0.39, 0.29) is 0 Å². The summed E-state index contributed by atoms with van der Waals surface area (Å²) in [6.45, 7) is 0. The summed E-state index contributed by atoms with van der Waals surface area (Å²) >= 11 is 0. The van der Waals surface area contributed by atoms with Crippen LogP contribution in [-0.2, 0) is 6.42 Å². The fraction of sp³-hybridized carbons (Fsp3) is 0.0213. The van der Waals surface area contributed by atoms with E-state index >= 15 is 0 Å². The van der Waals surface area contributed by atoms with E-state index < -0.39 is 0 Å². The summed E-state index contributed by atoms with van der Waals surface area (Å²) in [6.07, 6.45) is 5.31. The van der Waals surface area contributed by atoms with Crippen molar-refractivity contribution in [2.24, 2.45) is 0 Å². The Morgan fingerprint density at radius 2 is 1.12 bits per heavy atom. The highest BCUT2D eigenvalue weighted by atomic mass is 16.3. The molecular weight excluding hydrogens is 611 g/mol. The first kappa shape index (κ1) is 28.4. The second kappa shape index (κ2) is 11.5. The third-order valence-corrected chi connectivity index (χ3v) is 9.92. The van der Waals surface area contributed by atoms with E-state index in [4.69, 9.17) is 8.83 Å². The summed E-state index contributed by atoms with van der Waals surface area (Å²) in [5.74, 6) is 0.989. The van der Waals surface area contributed by atoms with Gasteiger partial charge in [-0.2, -0.15) is 0 Å². The molecule has 0 spiro atoms. The zero-order valence-corrected chi connectivity index (χ0v) is 27.2. The molecule has 0 aliphatic heterocycles. The standard InChI is InChI=1S/C47H31NO2/c1-2-14-32(15-3-1)35-17-6-9-21-41(35)48(34-26-27-38-37-19-8-11-23-43(37)50-46(38)30-34)42-22-10-7-18-36(42)39-20-12-24-45-47(39)40-29-33-16-5-4-13-31(33)25-28-44(40)49-45/h1-27,29-30H,28H2. The van der Waals surface area contributed by atoms with Gasteiger partial charge in [0, 0.05) is 51.0 Å². The Hall–Kier alpha value is -6.58. The van der Waals surface area contributed by atoms with Gasteiger partial charge in [-0.3, -0.25) is 0 Å². The second-order valence-electron chi connectivity index (χ2n) is 12.8. The van der Waals surface area contributed by atoms with Gasteiger partial charge in [0.25, 0.3) is 0 Å². The molecule has 3 heteroatoms. The van der Waals surface area contributed by atoms with Crippen LogP contribution in [-0.4, -0.2) is 0 Å². The van der Waals surface area contributed by atoms with Crippen molar-refractivity contribution in [2.45, 2.75) is 6.42 Å². The first-order chi connectivity index (χ1) is 24.8. The summed E-state index contributed by atoms with van der Waals surface area (Å²) < 4.78 is 13.0. The Balaban J connectivity index is 1.25. The van der Waals surface area contributed by atoms with Crippen molar-refractivity contribution in [3.05, 3.63) is 186 Å². The number of benzene rings is 7. The Labute approximate surface area is 289 Å². The smallest absolute Gasteiger partial charge is 0.137 e. The topological polar surface area (TPSA) is 29.5 Å². The van der Waals surface area contributed by atoms with Crippen molar-refractivity contribution in [2.75, 3.05) is 4.90 Å². The minimum absolute atomic E-state index is 0.743. The highest BCUT2D eigenvalue weighted by Crippen LogP contribution is 2.47. The molecule has 0 bridgehead atoms. The third kappa shape index (κ3) is 4.59. The molecule has 0 fully saturated rings. The van der Waals surface area contributed by atoms with Gasteiger partial charge in [-0.1, -0.05) is 127 Å². The number of hydrogen-bond acceptors (Lipinski definition) is 3. The van der Waals surface area contributed by atoms with Gasteiger partial charge in [0.1, 0.15) is 22.5 Å². The van der Waals surface area contributed by atoms with Gasteiger partial charge >= 0.3 is 0 Å². The third-order valence-electron chi connectivity index (χ3n) is 9.92. The number of rotatable bonds is 5. The van der Waals surface area contributed by atoms with Crippen molar-refractivity contribution < 1.29 is 8.83 Å². The molecule has 1 aliphatic rings. The molecule has 1 aliphatic carbocycles. The van der Waals surface area contributed by atoms with Crippen molar-refractivity contribution in [1.82, 2.24) is 0 Å². The zero-order chi connectivity index (χ0) is 33.0. The molecular formula is C47H31NO2. The highest BCUT2D eigenvalue weighted by molar-refractivity contribution is 6.08. The van der Waals surface area contributed by atoms with Crippen LogP contribution < -0.4 is 15.3 Å². The maximum absolute atomic E-state index is 6.60. The average Bonchev–Trinajstić information content (AvgIpc) is 3.66. The molecule has 7 aromatic carbocycles. The van der Waals surface area contributed by atoms with E-state index in [9.17, 15) is 0 Å². The van der Waals surface area contributed by atoms with E-state index in [1.807, 2.05) is 12.1 Å². The molecule has 9 aromatic rings. The Bertz CT molecular complexity index is 2860. The Morgan fingerprint density at radius 1 is 0.460 bits per heavy atom. The van der Waals surface area contributed by atoms with Gasteiger partial charge in [-0.25, -0.2) is 0 Å². The molecule has 0 unspecified atom stereocenters. The van der Waals surface area contributed by atoms with Crippen molar-refractivity contribution in [3.8, 4) is 22.3 Å². The van der Waals surface area contributed by atoms with Gasteiger partial charge in [-0.15, -0.1) is 0 Å². The molecule has 0 saturated carbocycles. The van der Waals surface area contributed by atoms with Gasteiger partial charge in [0.05, 0.1) is 11.4 Å². The molecule has 3 nitrogen and oxygen atoms in total. The Morgan fingerprint density at radius 3 is 2.00 bits per heavy atom. The van der Waals surface area contributed by atoms with Crippen LogP contribution in [0.1, 0.15) is 11.3 Å². The zero-order valence-electron chi connectivity index (χ0n) is 27.2. The minimum Gasteiger partial charge on any atom is -0.460 e. The van der Waals surface area contributed by atoms with E-state index in [0.29, 0.717) is 0 Å². The van der Waals surface area contributed by atoms with E-state index in [0.717, 1.165) is 90.0 Å². The maximum Gasteiger partial charge on any atom is 0.137 e. The minimum atomic E-state index is 0.743. The second-order valence-corrected chi connectivity index (χ2v) is 12.8. The molecule has 0 amide bonds. The van der Waals surface area contributed by atoms with Crippen molar-refractivity contribution in [3.63, 3.8) is 0 Å². The lowest BCUT2D eigenvalue weighted by atomic mass is 9.95. The van der Waals surface area contributed by atoms with E-state index in [1.54, 1.807) is 0 Å². The molecule has 0 atom stereocenters. The summed E-state index contributed by atoms with van der Waals surface area (Å²) in [7, 11) is 0. The van der Waals surface area contributed by atoms with Gasteiger partial charge in [0.2, 0.25) is 0 Å². The number of anilines is 3. The van der Waals surface area contributed by atoms with Crippen LogP contribution in [0.4, 0.5) is 17.1 Å². The molecule has 236 valence electrons. The summed E-state index contributed by atoms with van der Waals surface area (Å²) in [4.78, 5) is 2.38. The maximum atomic E-state index is 6.60. The summed E-state index contributed by atoms with van der Waals surface area (Å²) in [5, 5.41) is 5.79. The normalized spacial score (nSPS) is 12.2. The molecule has 0 radical (unpaired) electrons. The highest BCUT2D eigenvalue weighted by Gasteiger charge is 2.24. The van der Waals surface area contributed by atoms with Crippen LogP contribution in [0, 0.1) is 0 Å². The first-order valence-electron chi connectivity index (χ1n) is 17.1. The Kier molecular flexibility index (Phi) is 6.56. The van der Waals surface area contributed by atoms with Crippen molar-refractivity contribution >= 4 is 62.1 Å². The first-order valence-corrected chi connectivity index (χ1v) is 17.1. The number of furan rings is 2. The fourth-order valence-corrected chi connectivity index (χ4v) is 7.62. The van der Waals surface area contributed by atoms with Crippen LogP contribution in [0.5, 0.6) is 0 Å². The van der Waals surface area contributed by atoms with Crippen LogP contribution >= 0.6 is 0 Å². The monoisotopic (exact) mass is 641 g/mol. The lowest BCUT2D eigenvalue weighted by Crippen LogP contribution is -2.22. The van der Waals surface area contributed by atoms with Gasteiger partial charge in [-0.05, 0) is 64.0 Å². The van der Waals surface area contributed by atoms with Gasteiger partial charge < -0.3 is 13.7 Å². The summed E-state index contributed by atoms with van der Waals surface area (Å²) in [5.41, 5.74) is 11.5. The summed E-state index contributed by atoms with van der Waals surface area (Å²) in [6, 6.07) is 57.8. The number of hydrogen-bond donors (Lipinski definition) is 0.